The molecule has 0 bridgehead atoms. The molecule has 0 radical (unpaired) electrons. The van der Waals surface area contributed by atoms with Crippen LogP contribution in [0.2, 0.25) is 0 Å². The van der Waals surface area contributed by atoms with E-state index in [-0.39, 0.29) is 12.1 Å². The van der Waals surface area contributed by atoms with Gasteiger partial charge in [-0.05, 0) is 105 Å². The maximum absolute atomic E-state index is 6.10. The van der Waals surface area contributed by atoms with E-state index in [0.29, 0.717) is 5.11 Å². The number of hydrogen-bond acceptors (Lipinski definition) is 6. The summed E-state index contributed by atoms with van der Waals surface area (Å²) in [5.41, 5.74) is 5.75. The molecule has 2 saturated heterocycles. The summed E-state index contributed by atoms with van der Waals surface area (Å²) in [7, 11) is 1.66. The summed E-state index contributed by atoms with van der Waals surface area (Å²) < 4.78 is 19.3. The Balaban J connectivity index is 1.27. The minimum Gasteiger partial charge on any atom is -0.497 e. The monoisotopic (exact) mass is 597 g/mol. The van der Waals surface area contributed by atoms with Crippen LogP contribution < -0.4 is 19.7 Å². The molecular weight excluding hydrogens is 558 g/mol. The molecule has 4 heterocycles. The summed E-state index contributed by atoms with van der Waals surface area (Å²) in [6.07, 6.45) is 2.94. The number of aromatic nitrogens is 2. The van der Waals surface area contributed by atoms with Crippen LogP contribution in [-0.2, 0) is 11.3 Å². The van der Waals surface area contributed by atoms with Gasteiger partial charge in [0.1, 0.15) is 17.2 Å². The van der Waals surface area contributed by atoms with Gasteiger partial charge in [-0.2, -0.15) is 0 Å². The first-order valence-corrected chi connectivity index (χ1v) is 15.3. The number of methoxy groups -OCH3 is 1. The highest BCUT2D eigenvalue weighted by Crippen LogP contribution is 2.43. The van der Waals surface area contributed by atoms with Gasteiger partial charge in [0.05, 0.1) is 38.1 Å². The van der Waals surface area contributed by atoms with Gasteiger partial charge in [0.15, 0.2) is 5.11 Å². The minimum absolute atomic E-state index is 0.0602. The van der Waals surface area contributed by atoms with Crippen LogP contribution in [0.3, 0.4) is 0 Å². The Morgan fingerprint density at radius 2 is 1.63 bits per heavy atom. The van der Waals surface area contributed by atoms with E-state index in [1.54, 1.807) is 7.11 Å². The van der Waals surface area contributed by atoms with Gasteiger partial charge in [0.25, 0.3) is 0 Å². The van der Waals surface area contributed by atoms with Crippen molar-refractivity contribution in [3.63, 3.8) is 0 Å². The van der Waals surface area contributed by atoms with Gasteiger partial charge in [-0.25, -0.2) is 0 Å². The van der Waals surface area contributed by atoms with Gasteiger partial charge in [0.2, 0.25) is 0 Å². The molecule has 2 aromatic carbocycles. The lowest BCUT2D eigenvalue weighted by molar-refractivity contribution is 0.0369. The zero-order valence-electron chi connectivity index (χ0n) is 25.0. The van der Waals surface area contributed by atoms with Crippen molar-refractivity contribution in [1.82, 2.24) is 19.8 Å². The topological polar surface area (TPSA) is 64.0 Å². The molecule has 8 nitrogen and oxygen atoms in total. The number of rotatable bonds is 10. The van der Waals surface area contributed by atoms with E-state index in [9.17, 15) is 0 Å². The zero-order chi connectivity index (χ0) is 29.8. The molecule has 0 aliphatic carbocycles. The third kappa shape index (κ3) is 6.39. The summed E-state index contributed by atoms with van der Waals surface area (Å²) in [6.45, 7) is 10.2. The molecule has 2 aromatic heterocycles. The molecule has 9 heteroatoms. The lowest BCUT2D eigenvalue weighted by Crippen LogP contribution is -2.37. The van der Waals surface area contributed by atoms with Crippen molar-refractivity contribution in [1.29, 1.82) is 0 Å². The second kappa shape index (κ2) is 13.2. The van der Waals surface area contributed by atoms with E-state index in [0.717, 1.165) is 74.4 Å². The highest BCUT2D eigenvalue weighted by molar-refractivity contribution is 7.80. The first kappa shape index (κ1) is 29.2. The molecule has 0 unspecified atom stereocenters. The average Bonchev–Trinajstić information content (AvgIpc) is 3.53. The molecule has 6 rings (SSSR count). The van der Waals surface area contributed by atoms with Crippen LogP contribution in [0.15, 0.2) is 79.0 Å². The first-order valence-electron chi connectivity index (χ1n) is 14.9. The molecule has 2 aliphatic rings. The number of thiocarbonyl (C=S) groups is 1. The van der Waals surface area contributed by atoms with E-state index in [1.165, 1.54) is 17.0 Å². The average molecular weight is 598 g/mol. The van der Waals surface area contributed by atoms with E-state index in [1.807, 2.05) is 54.7 Å². The lowest BCUT2D eigenvalue weighted by Gasteiger charge is -2.28. The number of aryl methyl sites for hydroxylation is 1. The van der Waals surface area contributed by atoms with Crippen LogP contribution in [0.25, 0.3) is 0 Å². The number of ether oxygens (including phenoxy) is 3. The summed E-state index contributed by atoms with van der Waals surface area (Å²) in [5, 5.41) is 4.28. The first-order chi connectivity index (χ1) is 21.0. The molecule has 0 amide bonds. The van der Waals surface area contributed by atoms with Crippen LogP contribution in [0, 0.1) is 13.8 Å². The van der Waals surface area contributed by atoms with Crippen molar-refractivity contribution in [2.75, 3.05) is 44.9 Å². The number of benzene rings is 2. The lowest BCUT2D eigenvalue weighted by atomic mass is 9.96. The quantitative estimate of drug-likeness (QED) is 0.217. The van der Waals surface area contributed by atoms with Crippen molar-refractivity contribution >= 4 is 23.0 Å². The zero-order valence-corrected chi connectivity index (χ0v) is 25.8. The Bertz CT molecular complexity index is 1520. The van der Waals surface area contributed by atoms with Gasteiger partial charge >= 0.3 is 0 Å². The summed E-state index contributed by atoms with van der Waals surface area (Å²) in [6, 6.07) is 23.9. The predicted molar refractivity (Wildman–Crippen MR) is 173 cm³/mol. The van der Waals surface area contributed by atoms with Crippen LogP contribution in [0.4, 0.5) is 5.69 Å². The van der Waals surface area contributed by atoms with Crippen molar-refractivity contribution in [2.45, 2.75) is 38.9 Å². The molecule has 2 fully saturated rings. The smallest absolute Gasteiger partial charge is 0.174 e. The van der Waals surface area contributed by atoms with E-state index >= 15 is 0 Å². The second-order valence-electron chi connectivity index (χ2n) is 11.1. The van der Waals surface area contributed by atoms with Crippen molar-refractivity contribution < 1.29 is 14.2 Å². The number of pyridine rings is 1. The Hall–Kier alpha value is -3.92. The van der Waals surface area contributed by atoms with Gasteiger partial charge in [0, 0.05) is 49.5 Å². The summed E-state index contributed by atoms with van der Waals surface area (Å²) in [5.74, 6) is 2.30. The van der Waals surface area contributed by atoms with Crippen molar-refractivity contribution in [3.8, 4) is 17.2 Å². The van der Waals surface area contributed by atoms with Gasteiger partial charge < -0.3 is 29.0 Å². The molecule has 0 saturated carbocycles. The highest BCUT2D eigenvalue weighted by Gasteiger charge is 2.42. The number of nitrogens with one attached hydrogen (secondary N) is 1. The fourth-order valence-corrected chi connectivity index (χ4v) is 6.50. The Morgan fingerprint density at radius 3 is 2.30 bits per heavy atom. The fourth-order valence-electron chi connectivity index (χ4n) is 6.15. The number of hydrogen-bond donors (Lipinski definition) is 1. The van der Waals surface area contributed by atoms with Crippen molar-refractivity contribution in [2.24, 2.45) is 0 Å². The molecular formula is C34H39N5O3S. The van der Waals surface area contributed by atoms with Crippen molar-refractivity contribution in [3.05, 3.63) is 102 Å². The normalized spacial score (nSPS) is 19.0. The van der Waals surface area contributed by atoms with Gasteiger partial charge in [-0.1, -0.05) is 6.07 Å². The van der Waals surface area contributed by atoms with Crippen LogP contribution in [0.1, 0.15) is 41.1 Å². The van der Waals surface area contributed by atoms with E-state index < -0.39 is 0 Å². The van der Waals surface area contributed by atoms with Crippen LogP contribution in [-0.4, -0.2) is 59.5 Å². The molecule has 1 N–H and O–H groups in total. The summed E-state index contributed by atoms with van der Waals surface area (Å²) in [4.78, 5) is 9.46. The SMILES string of the molecule is COc1ccc(Oc2ccc(N3C(=S)N[C@@H](c4ccccn4)[C@H]3c3cc(C)n(CCCN4CCOCC4)c3C)cc2)cc1. The maximum atomic E-state index is 6.10. The standard InChI is InChI=1S/C34H39N5O3S/c1-24-23-30(25(2)38(24)18-6-17-37-19-21-41-22-20-37)33-32(31-7-4-5-16-35-31)36-34(43)39(33)26-8-10-28(11-9-26)42-29-14-12-27(40-3)13-15-29/h4-5,7-16,23,32-33H,6,17-22H2,1-3H3,(H,36,43)/t32-,33+/m0/s1. The Kier molecular flexibility index (Phi) is 8.92. The number of anilines is 1. The largest absolute Gasteiger partial charge is 0.497 e. The molecule has 0 spiro atoms. The fraction of sp³-hybridized carbons (Fsp3) is 0.353. The van der Waals surface area contributed by atoms with E-state index in [4.69, 9.17) is 31.4 Å². The van der Waals surface area contributed by atoms with Gasteiger partial charge in [-0.15, -0.1) is 0 Å². The van der Waals surface area contributed by atoms with Crippen LogP contribution >= 0.6 is 12.2 Å². The number of morpholine rings is 1. The molecule has 43 heavy (non-hydrogen) atoms. The maximum Gasteiger partial charge on any atom is 0.174 e. The molecule has 2 atom stereocenters. The summed E-state index contributed by atoms with van der Waals surface area (Å²) >= 11 is 5.98. The van der Waals surface area contributed by atoms with Gasteiger partial charge in [-0.3, -0.25) is 9.88 Å². The predicted octanol–water partition coefficient (Wildman–Crippen LogP) is 6.20. The third-order valence-electron chi connectivity index (χ3n) is 8.40. The van der Waals surface area contributed by atoms with E-state index in [2.05, 4.69) is 57.8 Å². The van der Waals surface area contributed by atoms with Crippen LogP contribution in [0.5, 0.6) is 17.2 Å². The highest BCUT2D eigenvalue weighted by atomic mass is 32.1. The molecule has 4 aromatic rings. The minimum atomic E-state index is -0.0915. The Labute approximate surface area is 259 Å². The molecule has 2 aliphatic heterocycles. The Morgan fingerprint density at radius 1 is 0.930 bits per heavy atom. The number of nitrogens with zero attached hydrogens (tertiary/aromatic N) is 4. The second-order valence-corrected chi connectivity index (χ2v) is 11.4. The molecule has 224 valence electrons. The third-order valence-corrected chi connectivity index (χ3v) is 8.71.